The van der Waals surface area contributed by atoms with Crippen LogP contribution in [-0.4, -0.2) is 50.3 Å². The molecule has 0 saturated carbocycles. The molecule has 1 heterocycles. The van der Waals surface area contributed by atoms with E-state index in [4.69, 9.17) is 21.9 Å². The molecule has 12 heteroatoms. The Hall–Kier alpha value is -2.69. The third-order valence-corrected chi connectivity index (χ3v) is 4.49. The summed E-state index contributed by atoms with van der Waals surface area (Å²) in [5.74, 6) is -1.38. The van der Waals surface area contributed by atoms with Crippen molar-refractivity contribution in [2.24, 2.45) is 5.73 Å². The molecule has 2 aromatic rings. The predicted molar refractivity (Wildman–Crippen MR) is 123 cm³/mol. The molecule has 9 nitrogen and oxygen atoms in total. The molecule has 1 aromatic carbocycles. The summed E-state index contributed by atoms with van der Waals surface area (Å²) in [5.41, 5.74) is 5.29. The molecular weight excluding hydrogens is 480 g/mol. The topological polar surface area (TPSA) is 134 Å². The number of benzene rings is 1. The van der Waals surface area contributed by atoms with Gasteiger partial charge in [-0.15, -0.1) is 12.4 Å². The van der Waals surface area contributed by atoms with Gasteiger partial charge < -0.3 is 25.0 Å². The Labute approximate surface area is 202 Å². The van der Waals surface area contributed by atoms with Crippen LogP contribution in [0.25, 0.3) is 11.3 Å². The van der Waals surface area contributed by atoms with Crippen molar-refractivity contribution >= 4 is 41.9 Å². The second kappa shape index (κ2) is 16.0. The number of hydrogen-bond acceptors (Lipinski definition) is 8. The van der Waals surface area contributed by atoms with Crippen LogP contribution >= 0.6 is 24.0 Å². The molecule has 0 atom stereocenters. The summed E-state index contributed by atoms with van der Waals surface area (Å²) in [6, 6.07) is 4.19. The van der Waals surface area contributed by atoms with E-state index in [0.717, 1.165) is 0 Å². The minimum Gasteiger partial charge on any atom is -0.469 e. The van der Waals surface area contributed by atoms with Crippen LogP contribution in [0.15, 0.2) is 22.7 Å². The first-order valence-electron chi connectivity index (χ1n) is 9.79. The molecule has 1 amide bonds. The molecule has 1 aromatic heterocycles. The zero-order chi connectivity index (χ0) is 24.1. The molecule has 0 radical (unpaired) electrons. The molecule has 0 aliphatic heterocycles. The minimum absolute atomic E-state index is 0. The first-order valence-corrected chi connectivity index (χ1v) is 10.2. The van der Waals surface area contributed by atoms with Crippen molar-refractivity contribution in [3.63, 3.8) is 0 Å². The van der Waals surface area contributed by atoms with Gasteiger partial charge in [-0.25, -0.2) is 4.39 Å². The van der Waals surface area contributed by atoms with Gasteiger partial charge in [-0.1, -0.05) is 22.8 Å². The lowest BCUT2D eigenvalue weighted by Gasteiger charge is -2.07. The highest BCUT2D eigenvalue weighted by molar-refractivity contribution is 6.33. The molecule has 0 unspecified atom stereocenters. The highest BCUT2D eigenvalue weighted by atomic mass is 35.5. The summed E-state index contributed by atoms with van der Waals surface area (Å²) in [4.78, 5) is 33.7. The van der Waals surface area contributed by atoms with E-state index >= 15 is 0 Å². The number of hydrogen-bond donors (Lipinski definition) is 2. The van der Waals surface area contributed by atoms with Crippen molar-refractivity contribution in [1.82, 2.24) is 10.5 Å². The van der Waals surface area contributed by atoms with Crippen molar-refractivity contribution in [3.8, 4) is 11.3 Å². The lowest BCUT2D eigenvalue weighted by molar-refractivity contribution is -0.141. The summed E-state index contributed by atoms with van der Waals surface area (Å²) in [6.45, 7) is 2.35. The lowest BCUT2D eigenvalue weighted by Crippen LogP contribution is -2.25. The Morgan fingerprint density at radius 2 is 1.76 bits per heavy atom. The summed E-state index contributed by atoms with van der Waals surface area (Å²) in [6.07, 6.45) is 1.75. The highest BCUT2D eigenvalue weighted by Crippen LogP contribution is 2.33. The smallest absolute Gasteiger partial charge is 0.305 e. The fourth-order valence-corrected chi connectivity index (χ4v) is 2.76. The number of esters is 2. The number of nitrogens with zero attached hydrogens (tertiary/aromatic N) is 1. The Kier molecular flexibility index (Phi) is 14.7. The quantitative estimate of drug-likeness (QED) is 0.389. The third kappa shape index (κ3) is 9.77. The molecule has 0 bridgehead atoms. The van der Waals surface area contributed by atoms with E-state index in [1.807, 2.05) is 0 Å². The molecule has 0 fully saturated rings. The molecule has 33 heavy (non-hydrogen) atoms. The summed E-state index contributed by atoms with van der Waals surface area (Å²) >= 11 is 6.02. The van der Waals surface area contributed by atoms with Crippen molar-refractivity contribution in [2.75, 3.05) is 27.3 Å². The molecular formula is C21H28Cl2FN3O6. The van der Waals surface area contributed by atoms with Crippen LogP contribution in [0.2, 0.25) is 5.02 Å². The monoisotopic (exact) mass is 507 g/mol. The van der Waals surface area contributed by atoms with Crippen LogP contribution in [0.5, 0.6) is 0 Å². The van der Waals surface area contributed by atoms with Crippen molar-refractivity contribution < 1.29 is 32.8 Å². The number of nitrogens with one attached hydrogen (secondary N) is 1. The number of methoxy groups -OCH3 is 2. The summed E-state index contributed by atoms with van der Waals surface area (Å²) < 4.78 is 28.0. The summed E-state index contributed by atoms with van der Waals surface area (Å²) in [5, 5.41) is 6.53. The van der Waals surface area contributed by atoms with Gasteiger partial charge in [0, 0.05) is 19.4 Å². The van der Waals surface area contributed by atoms with Gasteiger partial charge in [0.1, 0.15) is 22.8 Å². The molecule has 0 aliphatic rings. The predicted octanol–water partition coefficient (Wildman–Crippen LogP) is 3.45. The van der Waals surface area contributed by atoms with Gasteiger partial charge in [0.15, 0.2) is 0 Å². The van der Waals surface area contributed by atoms with E-state index in [0.29, 0.717) is 25.8 Å². The Balaban J connectivity index is 0.000000978. The molecule has 0 aliphatic carbocycles. The molecule has 0 saturated heterocycles. The number of halogens is 3. The highest BCUT2D eigenvalue weighted by Gasteiger charge is 2.25. The van der Waals surface area contributed by atoms with E-state index in [1.54, 1.807) is 6.92 Å². The van der Waals surface area contributed by atoms with Crippen LogP contribution in [0.4, 0.5) is 4.39 Å². The number of aromatic nitrogens is 1. The fraction of sp³-hybridized carbons (Fsp3) is 0.429. The zero-order valence-electron chi connectivity index (χ0n) is 18.6. The Bertz CT molecular complexity index is 903. The Morgan fingerprint density at radius 1 is 1.15 bits per heavy atom. The second-order valence-electron chi connectivity index (χ2n) is 6.46. The van der Waals surface area contributed by atoms with Crippen LogP contribution < -0.4 is 11.1 Å². The maximum Gasteiger partial charge on any atom is 0.305 e. The van der Waals surface area contributed by atoms with E-state index < -0.39 is 11.7 Å². The molecule has 0 spiro atoms. The van der Waals surface area contributed by atoms with Gasteiger partial charge >= 0.3 is 11.9 Å². The molecule has 3 N–H and O–H groups in total. The maximum atomic E-state index is 14.1. The van der Waals surface area contributed by atoms with Gasteiger partial charge in [0.05, 0.1) is 24.8 Å². The maximum absolute atomic E-state index is 14.1. The SMILES string of the molecule is COC(=O)CCCN.COC(=O)CCCNC(=O)c1c(-c2c(F)cccc2Cl)noc1C.Cl. The number of ether oxygens (including phenoxy) is 2. The average Bonchev–Trinajstić information content (AvgIpc) is 3.15. The molecule has 2 rings (SSSR count). The second-order valence-corrected chi connectivity index (χ2v) is 6.87. The standard InChI is InChI=1S/C16H16ClFN2O4.C5H11NO2.ClH/c1-9-13(16(22)19-8-4-7-12(21)23-2)15(20-24-9)14-10(17)5-3-6-11(14)18;1-8-5(7)3-2-4-6;/h3,5-6H,4,7-8H2,1-2H3,(H,19,22);2-4,6H2,1H3;1H. The van der Waals surface area contributed by atoms with Gasteiger partial charge in [-0.3, -0.25) is 14.4 Å². The van der Waals surface area contributed by atoms with Gasteiger partial charge in [0.2, 0.25) is 0 Å². The molecule has 184 valence electrons. The van der Waals surface area contributed by atoms with Crippen LogP contribution in [0.1, 0.15) is 41.8 Å². The van der Waals surface area contributed by atoms with Crippen molar-refractivity contribution in [3.05, 3.63) is 40.4 Å². The van der Waals surface area contributed by atoms with E-state index in [1.165, 1.54) is 32.4 Å². The van der Waals surface area contributed by atoms with Gasteiger partial charge in [-0.2, -0.15) is 0 Å². The van der Waals surface area contributed by atoms with E-state index in [2.05, 4.69) is 19.9 Å². The Morgan fingerprint density at radius 3 is 2.30 bits per heavy atom. The summed E-state index contributed by atoms with van der Waals surface area (Å²) in [7, 11) is 2.67. The zero-order valence-corrected chi connectivity index (χ0v) is 20.2. The lowest BCUT2D eigenvalue weighted by atomic mass is 10.0. The van der Waals surface area contributed by atoms with Gasteiger partial charge in [0.25, 0.3) is 5.91 Å². The minimum atomic E-state index is -0.601. The van der Waals surface area contributed by atoms with Crippen molar-refractivity contribution in [1.29, 1.82) is 0 Å². The van der Waals surface area contributed by atoms with Crippen LogP contribution in [-0.2, 0) is 19.1 Å². The van der Waals surface area contributed by atoms with Gasteiger partial charge in [-0.05, 0) is 38.4 Å². The van der Waals surface area contributed by atoms with E-state index in [-0.39, 0.29) is 64.9 Å². The van der Waals surface area contributed by atoms with E-state index in [9.17, 15) is 18.8 Å². The number of rotatable bonds is 9. The first-order chi connectivity index (χ1) is 15.3. The van der Waals surface area contributed by atoms with Crippen LogP contribution in [0.3, 0.4) is 0 Å². The number of amides is 1. The average molecular weight is 508 g/mol. The van der Waals surface area contributed by atoms with Crippen LogP contribution in [0, 0.1) is 12.7 Å². The normalized spacial score (nSPS) is 9.76. The third-order valence-electron chi connectivity index (χ3n) is 4.17. The van der Waals surface area contributed by atoms with Crippen molar-refractivity contribution in [2.45, 2.75) is 32.6 Å². The fourth-order valence-electron chi connectivity index (χ4n) is 2.51. The largest absolute Gasteiger partial charge is 0.469 e. The first kappa shape index (κ1) is 30.3. The number of carbonyl (C=O) groups excluding carboxylic acids is 3. The number of nitrogens with two attached hydrogens (primary N) is 1. The number of carbonyl (C=O) groups is 3. The number of aryl methyl sites for hydroxylation is 1.